The van der Waals surface area contributed by atoms with E-state index >= 15 is 0 Å². The van der Waals surface area contributed by atoms with Gasteiger partial charge in [0, 0.05) is 26.2 Å². The van der Waals surface area contributed by atoms with Crippen molar-refractivity contribution in [1.82, 2.24) is 15.5 Å². The molecule has 0 atom stereocenters. The molecule has 5 heteroatoms. The zero-order chi connectivity index (χ0) is 17.6. The SMILES string of the molecule is C=C(C)c1cccc(C(C)(C)NC(=O)NCCN2CCOCC2)c1. The van der Waals surface area contributed by atoms with E-state index in [4.69, 9.17) is 4.74 Å². The van der Waals surface area contributed by atoms with E-state index in [1.807, 2.05) is 39.0 Å². The molecule has 24 heavy (non-hydrogen) atoms. The van der Waals surface area contributed by atoms with Gasteiger partial charge in [-0.2, -0.15) is 0 Å². The van der Waals surface area contributed by atoms with Gasteiger partial charge >= 0.3 is 6.03 Å². The maximum Gasteiger partial charge on any atom is 0.315 e. The summed E-state index contributed by atoms with van der Waals surface area (Å²) in [5, 5.41) is 6.00. The number of urea groups is 1. The Balaban J connectivity index is 1.84. The fourth-order valence-corrected chi connectivity index (χ4v) is 2.73. The number of carbonyl (C=O) groups is 1. The maximum atomic E-state index is 12.2. The van der Waals surface area contributed by atoms with Gasteiger partial charge in [-0.15, -0.1) is 0 Å². The van der Waals surface area contributed by atoms with E-state index in [1.165, 1.54) is 0 Å². The lowest BCUT2D eigenvalue weighted by Gasteiger charge is -2.29. The van der Waals surface area contributed by atoms with E-state index in [0.29, 0.717) is 6.54 Å². The number of carbonyl (C=O) groups excluding carboxylic acids is 1. The van der Waals surface area contributed by atoms with Crippen molar-refractivity contribution in [2.75, 3.05) is 39.4 Å². The fraction of sp³-hybridized carbons (Fsp3) is 0.526. The van der Waals surface area contributed by atoms with Crippen LogP contribution in [0.1, 0.15) is 31.9 Å². The first kappa shape index (κ1) is 18.5. The highest BCUT2D eigenvalue weighted by atomic mass is 16.5. The third-order valence-corrected chi connectivity index (χ3v) is 4.32. The van der Waals surface area contributed by atoms with Crippen molar-refractivity contribution in [1.29, 1.82) is 0 Å². The molecule has 0 spiro atoms. The summed E-state index contributed by atoms with van der Waals surface area (Å²) in [5.41, 5.74) is 2.72. The smallest absolute Gasteiger partial charge is 0.315 e. The summed E-state index contributed by atoms with van der Waals surface area (Å²) < 4.78 is 5.32. The zero-order valence-corrected chi connectivity index (χ0v) is 15.0. The molecule has 0 aromatic heterocycles. The molecular formula is C19H29N3O2. The number of hydrogen-bond acceptors (Lipinski definition) is 3. The number of morpholine rings is 1. The van der Waals surface area contributed by atoms with Gasteiger partial charge in [0.2, 0.25) is 0 Å². The third kappa shape index (κ3) is 5.35. The highest BCUT2D eigenvalue weighted by Gasteiger charge is 2.23. The van der Waals surface area contributed by atoms with Crippen molar-refractivity contribution < 1.29 is 9.53 Å². The number of ether oxygens (including phenoxy) is 1. The highest BCUT2D eigenvalue weighted by Crippen LogP contribution is 2.23. The van der Waals surface area contributed by atoms with Gasteiger partial charge < -0.3 is 15.4 Å². The van der Waals surface area contributed by atoms with Gasteiger partial charge in [-0.3, -0.25) is 4.90 Å². The van der Waals surface area contributed by atoms with Crippen LogP contribution in [0.25, 0.3) is 5.57 Å². The maximum absolute atomic E-state index is 12.2. The minimum Gasteiger partial charge on any atom is -0.379 e. The molecule has 0 saturated carbocycles. The van der Waals surface area contributed by atoms with Gasteiger partial charge in [-0.25, -0.2) is 4.79 Å². The van der Waals surface area contributed by atoms with Crippen molar-refractivity contribution in [3.05, 3.63) is 42.0 Å². The molecule has 1 aromatic rings. The van der Waals surface area contributed by atoms with Gasteiger partial charge in [-0.05, 0) is 38.0 Å². The Morgan fingerprint density at radius 3 is 2.71 bits per heavy atom. The molecule has 2 N–H and O–H groups in total. The molecule has 1 saturated heterocycles. The predicted molar refractivity (Wildman–Crippen MR) is 98.0 cm³/mol. The quantitative estimate of drug-likeness (QED) is 0.842. The molecular weight excluding hydrogens is 302 g/mol. The van der Waals surface area contributed by atoms with E-state index in [9.17, 15) is 4.79 Å². The first-order valence-corrected chi connectivity index (χ1v) is 8.51. The number of nitrogens with one attached hydrogen (secondary N) is 2. The number of nitrogens with zero attached hydrogens (tertiary/aromatic N) is 1. The average molecular weight is 331 g/mol. The summed E-state index contributed by atoms with van der Waals surface area (Å²) in [7, 11) is 0. The highest BCUT2D eigenvalue weighted by molar-refractivity contribution is 5.75. The normalized spacial score (nSPS) is 15.8. The van der Waals surface area contributed by atoms with Crippen LogP contribution in [-0.2, 0) is 10.3 Å². The number of hydrogen-bond donors (Lipinski definition) is 2. The fourth-order valence-electron chi connectivity index (χ4n) is 2.73. The van der Waals surface area contributed by atoms with Crippen molar-refractivity contribution >= 4 is 11.6 Å². The second kappa shape index (κ2) is 8.31. The molecule has 2 rings (SSSR count). The lowest BCUT2D eigenvalue weighted by atomic mass is 9.92. The zero-order valence-electron chi connectivity index (χ0n) is 15.0. The lowest BCUT2D eigenvalue weighted by molar-refractivity contribution is 0.0387. The molecule has 5 nitrogen and oxygen atoms in total. The third-order valence-electron chi connectivity index (χ3n) is 4.32. The molecule has 1 aliphatic heterocycles. The number of amides is 2. The second-order valence-corrected chi connectivity index (χ2v) is 6.82. The van der Waals surface area contributed by atoms with Crippen LogP contribution in [0.15, 0.2) is 30.8 Å². The molecule has 2 amide bonds. The number of benzene rings is 1. The van der Waals surface area contributed by atoms with Crippen molar-refractivity contribution in [3.8, 4) is 0 Å². The Morgan fingerprint density at radius 2 is 2.04 bits per heavy atom. The number of rotatable bonds is 6. The largest absolute Gasteiger partial charge is 0.379 e. The monoisotopic (exact) mass is 331 g/mol. The van der Waals surface area contributed by atoms with E-state index in [-0.39, 0.29) is 6.03 Å². The predicted octanol–water partition coefficient (Wildman–Crippen LogP) is 2.59. The van der Waals surface area contributed by atoms with E-state index < -0.39 is 5.54 Å². The van der Waals surface area contributed by atoms with Crippen molar-refractivity contribution in [3.63, 3.8) is 0 Å². The van der Waals surface area contributed by atoms with Crippen LogP contribution in [0.4, 0.5) is 4.79 Å². The second-order valence-electron chi connectivity index (χ2n) is 6.82. The van der Waals surface area contributed by atoms with Crippen molar-refractivity contribution in [2.24, 2.45) is 0 Å². The molecule has 0 aliphatic carbocycles. The summed E-state index contributed by atoms with van der Waals surface area (Å²) in [6.07, 6.45) is 0. The van der Waals surface area contributed by atoms with E-state index in [1.54, 1.807) is 0 Å². The van der Waals surface area contributed by atoms with Gasteiger partial charge in [0.1, 0.15) is 0 Å². The molecule has 0 bridgehead atoms. The summed E-state index contributed by atoms with van der Waals surface area (Å²) >= 11 is 0. The average Bonchev–Trinajstić information content (AvgIpc) is 2.55. The first-order valence-electron chi connectivity index (χ1n) is 8.51. The summed E-state index contributed by atoms with van der Waals surface area (Å²) in [6, 6.07) is 7.99. The minimum absolute atomic E-state index is 0.144. The van der Waals surface area contributed by atoms with E-state index in [2.05, 4.69) is 28.2 Å². The topological polar surface area (TPSA) is 53.6 Å². The minimum atomic E-state index is -0.450. The Kier molecular flexibility index (Phi) is 6.40. The summed E-state index contributed by atoms with van der Waals surface area (Å²) in [4.78, 5) is 14.5. The van der Waals surface area contributed by atoms with Gasteiger partial charge in [0.15, 0.2) is 0 Å². The van der Waals surface area contributed by atoms with Crippen LogP contribution in [0.2, 0.25) is 0 Å². The Bertz CT molecular complexity index is 578. The van der Waals surface area contributed by atoms with Crippen LogP contribution >= 0.6 is 0 Å². The Labute approximate surface area is 145 Å². The Hall–Kier alpha value is -1.85. The molecule has 1 aliphatic rings. The Morgan fingerprint density at radius 1 is 1.33 bits per heavy atom. The number of allylic oxidation sites excluding steroid dienone is 1. The van der Waals surface area contributed by atoms with Gasteiger partial charge in [0.25, 0.3) is 0 Å². The standard InChI is InChI=1S/C19H29N3O2/c1-15(2)16-6-5-7-17(14-16)19(3,4)21-18(23)20-8-9-22-10-12-24-13-11-22/h5-7,14H,1,8-13H2,2-4H3,(H2,20,21,23). The molecule has 0 radical (unpaired) electrons. The van der Waals surface area contributed by atoms with Crippen LogP contribution in [0.3, 0.4) is 0 Å². The van der Waals surface area contributed by atoms with Crippen molar-refractivity contribution in [2.45, 2.75) is 26.3 Å². The van der Waals surface area contributed by atoms with E-state index in [0.717, 1.165) is 49.5 Å². The van der Waals surface area contributed by atoms with Gasteiger partial charge in [-0.1, -0.05) is 30.4 Å². The van der Waals surface area contributed by atoms with Crippen LogP contribution in [0.5, 0.6) is 0 Å². The molecule has 132 valence electrons. The molecule has 1 heterocycles. The van der Waals surface area contributed by atoms with Crippen LogP contribution in [-0.4, -0.2) is 50.3 Å². The van der Waals surface area contributed by atoms with Gasteiger partial charge in [0.05, 0.1) is 18.8 Å². The molecule has 1 fully saturated rings. The summed E-state index contributed by atoms with van der Waals surface area (Å²) in [6.45, 7) is 14.9. The van der Waals surface area contributed by atoms with Crippen LogP contribution < -0.4 is 10.6 Å². The van der Waals surface area contributed by atoms with Crippen LogP contribution in [0, 0.1) is 0 Å². The molecule has 1 aromatic carbocycles. The summed E-state index contributed by atoms with van der Waals surface area (Å²) in [5.74, 6) is 0. The first-order chi connectivity index (χ1) is 11.4. The molecule has 0 unspecified atom stereocenters. The lowest BCUT2D eigenvalue weighted by Crippen LogP contribution is -2.48.